The highest BCUT2D eigenvalue weighted by Crippen LogP contribution is 2.26. The van der Waals surface area contributed by atoms with E-state index in [2.05, 4.69) is 23.3 Å². The fraction of sp³-hybridized carbons (Fsp3) is 0.409. The number of methoxy groups -OCH3 is 1. The standard InChI is InChI=1S/C22H28N2O2/c1-24(18-11-4-3-5-12-18)16-17-10-6-8-14-20(17)23-22(25)19-13-7-9-15-21(19)26-2/h6-10,13-15,18H,3-5,11-12,16H2,1-2H3,(H,23,25). The molecule has 138 valence electrons. The smallest absolute Gasteiger partial charge is 0.259 e. The highest BCUT2D eigenvalue weighted by Gasteiger charge is 2.19. The molecule has 4 heteroatoms. The normalized spacial score (nSPS) is 15.0. The molecular weight excluding hydrogens is 324 g/mol. The molecule has 1 fully saturated rings. The van der Waals surface area contributed by atoms with Crippen LogP contribution in [0.5, 0.6) is 5.75 Å². The van der Waals surface area contributed by atoms with Crippen LogP contribution < -0.4 is 10.1 Å². The van der Waals surface area contributed by atoms with Crippen LogP contribution >= 0.6 is 0 Å². The van der Waals surface area contributed by atoms with Crippen LogP contribution in [-0.4, -0.2) is 31.0 Å². The van der Waals surface area contributed by atoms with E-state index in [0.29, 0.717) is 17.4 Å². The second-order valence-corrected chi connectivity index (χ2v) is 7.02. The lowest BCUT2D eigenvalue weighted by atomic mass is 9.94. The van der Waals surface area contributed by atoms with Crippen molar-refractivity contribution in [3.8, 4) is 5.75 Å². The Balaban J connectivity index is 1.73. The summed E-state index contributed by atoms with van der Waals surface area (Å²) in [6.07, 6.45) is 6.54. The third-order valence-corrected chi connectivity index (χ3v) is 5.23. The van der Waals surface area contributed by atoms with Crippen molar-refractivity contribution in [2.24, 2.45) is 0 Å². The maximum absolute atomic E-state index is 12.7. The van der Waals surface area contributed by atoms with Gasteiger partial charge in [0.1, 0.15) is 5.75 Å². The number of nitrogens with zero attached hydrogens (tertiary/aromatic N) is 1. The van der Waals surface area contributed by atoms with Gasteiger partial charge in [0.05, 0.1) is 12.7 Å². The SMILES string of the molecule is COc1ccccc1C(=O)Nc1ccccc1CN(C)C1CCCCC1. The van der Waals surface area contributed by atoms with Crippen molar-refractivity contribution in [2.75, 3.05) is 19.5 Å². The molecule has 26 heavy (non-hydrogen) atoms. The van der Waals surface area contributed by atoms with Crippen molar-refractivity contribution in [3.63, 3.8) is 0 Å². The minimum atomic E-state index is -0.143. The molecule has 0 spiro atoms. The third kappa shape index (κ3) is 4.44. The zero-order valence-electron chi connectivity index (χ0n) is 15.7. The van der Waals surface area contributed by atoms with Gasteiger partial charge in [-0.3, -0.25) is 9.69 Å². The first-order valence-corrected chi connectivity index (χ1v) is 9.41. The van der Waals surface area contributed by atoms with E-state index in [-0.39, 0.29) is 5.91 Å². The first-order valence-electron chi connectivity index (χ1n) is 9.41. The van der Waals surface area contributed by atoms with E-state index in [1.807, 2.05) is 30.3 Å². The molecule has 4 nitrogen and oxygen atoms in total. The molecule has 0 aliphatic heterocycles. The number of carbonyl (C=O) groups excluding carboxylic acids is 1. The largest absolute Gasteiger partial charge is 0.496 e. The van der Waals surface area contributed by atoms with Crippen LogP contribution in [0, 0.1) is 0 Å². The number of amides is 1. The fourth-order valence-electron chi connectivity index (χ4n) is 3.72. The van der Waals surface area contributed by atoms with Gasteiger partial charge in [0, 0.05) is 18.3 Å². The summed E-state index contributed by atoms with van der Waals surface area (Å²) in [4.78, 5) is 15.2. The van der Waals surface area contributed by atoms with E-state index < -0.39 is 0 Å². The average molecular weight is 352 g/mol. The van der Waals surface area contributed by atoms with Crippen LogP contribution in [0.4, 0.5) is 5.69 Å². The van der Waals surface area contributed by atoms with Crippen LogP contribution in [0.3, 0.4) is 0 Å². The number of hydrogen-bond donors (Lipinski definition) is 1. The Morgan fingerprint density at radius 3 is 2.54 bits per heavy atom. The van der Waals surface area contributed by atoms with Gasteiger partial charge in [-0.25, -0.2) is 0 Å². The monoisotopic (exact) mass is 352 g/mol. The second-order valence-electron chi connectivity index (χ2n) is 7.02. The zero-order valence-corrected chi connectivity index (χ0v) is 15.7. The Hall–Kier alpha value is -2.33. The molecule has 0 aromatic heterocycles. The Kier molecular flexibility index (Phi) is 6.29. The van der Waals surface area contributed by atoms with Crippen molar-refractivity contribution in [1.29, 1.82) is 0 Å². The van der Waals surface area contributed by atoms with E-state index in [9.17, 15) is 4.79 Å². The molecule has 2 aromatic rings. The highest BCUT2D eigenvalue weighted by atomic mass is 16.5. The van der Waals surface area contributed by atoms with Crippen molar-refractivity contribution >= 4 is 11.6 Å². The summed E-state index contributed by atoms with van der Waals surface area (Å²) >= 11 is 0. The summed E-state index contributed by atoms with van der Waals surface area (Å²) in [5.41, 5.74) is 2.56. The van der Waals surface area contributed by atoms with Crippen molar-refractivity contribution in [3.05, 3.63) is 59.7 Å². The van der Waals surface area contributed by atoms with Crippen molar-refractivity contribution < 1.29 is 9.53 Å². The number of anilines is 1. The highest BCUT2D eigenvalue weighted by molar-refractivity contribution is 6.06. The fourth-order valence-corrected chi connectivity index (χ4v) is 3.72. The van der Waals surface area contributed by atoms with Gasteiger partial charge < -0.3 is 10.1 Å². The van der Waals surface area contributed by atoms with E-state index in [1.54, 1.807) is 19.2 Å². The van der Waals surface area contributed by atoms with E-state index in [1.165, 1.54) is 32.1 Å². The minimum absolute atomic E-state index is 0.143. The Bertz CT molecular complexity index is 738. The number of hydrogen-bond acceptors (Lipinski definition) is 3. The summed E-state index contributed by atoms with van der Waals surface area (Å²) in [5.74, 6) is 0.442. The molecule has 1 aliphatic rings. The second kappa shape index (κ2) is 8.86. The lowest BCUT2D eigenvalue weighted by Gasteiger charge is -2.31. The van der Waals surface area contributed by atoms with Crippen LogP contribution in [0.1, 0.15) is 48.0 Å². The molecule has 1 saturated carbocycles. The van der Waals surface area contributed by atoms with E-state index >= 15 is 0 Å². The van der Waals surface area contributed by atoms with Crippen LogP contribution in [0.15, 0.2) is 48.5 Å². The molecule has 0 unspecified atom stereocenters. The maximum atomic E-state index is 12.7. The Labute approximate surface area is 156 Å². The number of carbonyl (C=O) groups is 1. The van der Waals surface area contributed by atoms with Gasteiger partial charge in [-0.15, -0.1) is 0 Å². The molecule has 0 bridgehead atoms. The first kappa shape index (κ1) is 18.5. The molecule has 3 rings (SSSR count). The molecule has 0 heterocycles. The molecule has 2 aromatic carbocycles. The predicted molar refractivity (Wildman–Crippen MR) is 106 cm³/mol. The first-order chi connectivity index (χ1) is 12.7. The maximum Gasteiger partial charge on any atom is 0.259 e. The van der Waals surface area contributed by atoms with Crippen LogP contribution in [0.25, 0.3) is 0 Å². The van der Waals surface area contributed by atoms with Gasteiger partial charge in [-0.05, 0) is 43.7 Å². The quantitative estimate of drug-likeness (QED) is 0.818. The van der Waals surface area contributed by atoms with Gasteiger partial charge in [0.25, 0.3) is 5.91 Å². The summed E-state index contributed by atoms with van der Waals surface area (Å²) in [7, 11) is 3.77. The molecular formula is C22H28N2O2. The van der Waals surface area contributed by atoms with Crippen LogP contribution in [-0.2, 0) is 6.54 Å². The lowest BCUT2D eigenvalue weighted by molar-refractivity contribution is 0.102. The zero-order chi connectivity index (χ0) is 18.4. The Morgan fingerprint density at radius 1 is 1.08 bits per heavy atom. The third-order valence-electron chi connectivity index (χ3n) is 5.23. The molecule has 1 aliphatic carbocycles. The topological polar surface area (TPSA) is 41.6 Å². The number of ether oxygens (including phenoxy) is 1. The van der Waals surface area contributed by atoms with Gasteiger partial charge in [-0.2, -0.15) is 0 Å². The number of rotatable bonds is 6. The van der Waals surface area contributed by atoms with E-state index in [4.69, 9.17) is 4.74 Å². The Morgan fingerprint density at radius 2 is 1.77 bits per heavy atom. The van der Waals surface area contributed by atoms with Gasteiger partial charge >= 0.3 is 0 Å². The van der Waals surface area contributed by atoms with Gasteiger partial charge in [0.2, 0.25) is 0 Å². The summed E-state index contributed by atoms with van der Waals surface area (Å²) < 4.78 is 5.31. The van der Waals surface area contributed by atoms with Gasteiger partial charge in [-0.1, -0.05) is 49.6 Å². The summed E-state index contributed by atoms with van der Waals surface area (Å²) in [6, 6.07) is 16.0. The average Bonchev–Trinajstić information content (AvgIpc) is 2.70. The molecule has 0 atom stereocenters. The molecule has 0 radical (unpaired) electrons. The van der Waals surface area contributed by atoms with Crippen molar-refractivity contribution in [2.45, 2.75) is 44.7 Å². The minimum Gasteiger partial charge on any atom is -0.496 e. The molecule has 0 saturated heterocycles. The van der Waals surface area contributed by atoms with Gasteiger partial charge in [0.15, 0.2) is 0 Å². The number of nitrogens with one attached hydrogen (secondary N) is 1. The lowest BCUT2D eigenvalue weighted by Crippen LogP contribution is -2.33. The van der Waals surface area contributed by atoms with Crippen LogP contribution in [0.2, 0.25) is 0 Å². The van der Waals surface area contributed by atoms with E-state index in [0.717, 1.165) is 17.8 Å². The summed E-state index contributed by atoms with van der Waals surface area (Å²) in [5, 5.41) is 3.06. The number of para-hydroxylation sites is 2. The molecule has 1 N–H and O–H groups in total. The summed E-state index contributed by atoms with van der Waals surface area (Å²) in [6.45, 7) is 0.840. The van der Waals surface area contributed by atoms with Crippen molar-refractivity contribution in [1.82, 2.24) is 4.90 Å². The number of benzene rings is 2. The predicted octanol–water partition coefficient (Wildman–Crippen LogP) is 4.71. The molecule has 1 amide bonds.